The lowest BCUT2D eigenvalue weighted by atomic mass is 9.97. The number of carbonyl (C=O) groups is 1. The molecule has 0 aliphatic carbocycles. The molecule has 1 aliphatic rings. The maximum Gasteiger partial charge on any atom is 0.254 e. The number of hydrogen-bond acceptors (Lipinski definition) is 6. The Hall–Kier alpha value is -3.61. The van der Waals surface area contributed by atoms with Crippen molar-refractivity contribution in [2.24, 2.45) is 0 Å². The van der Waals surface area contributed by atoms with Crippen molar-refractivity contribution in [1.82, 2.24) is 14.9 Å². The Labute approximate surface area is 182 Å². The van der Waals surface area contributed by atoms with E-state index >= 15 is 0 Å². The van der Waals surface area contributed by atoms with E-state index in [1.165, 1.54) is 5.56 Å². The van der Waals surface area contributed by atoms with Crippen LogP contribution in [-0.2, 0) is 0 Å². The molecule has 0 bridgehead atoms. The molecule has 160 valence electrons. The molecule has 1 amide bonds. The first-order chi connectivity index (χ1) is 15.1. The van der Waals surface area contributed by atoms with Crippen molar-refractivity contribution in [1.29, 1.82) is 0 Å². The molecule has 0 radical (unpaired) electrons. The lowest BCUT2D eigenvalue weighted by Crippen LogP contribution is -2.32. The molecule has 2 heterocycles. The van der Waals surface area contributed by atoms with E-state index in [1.54, 1.807) is 20.3 Å². The minimum Gasteiger partial charge on any atom is -0.481 e. The average molecular weight is 418 g/mol. The molecule has 1 atom stereocenters. The number of nitrogens with zero attached hydrogens (tertiary/aromatic N) is 3. The Morgan fingerprint density at radius 3 is 2.48 bits per heavy atom. The predicted molar refractivity (Wildman–Crippen MR) is 120 cm³/mol. The molecule has 1 aliphatic heterocycles. The molecular formula is C24H26N4O3. The van der Waals surface area contributed by atoms with Gasteiger partial charge in [-0.2, -0.15) is 9.97 Å². The molecule has 1 fully saturated rings. The Bertz CT molecular complexity index is 1060. The number of aromatic nitrogens is 2. The molecule has 7 nitrogen and oxygen atoms in total. The van der Waals surface area contributed by atoms with Crippen LogP contribution in [0, 0.1) is 6.92 Å². The highest BCUT2D eigenvalue weighted by Gasteiger charge is 2.29. The van der Waals surface area contributed by atoms with Gasteiger partial charge in [-0.25, -0.2) is 0 Å². The third kappa shape index (κ3) is 4.60. The summed E-state index contributed by atoms with van der Waals surface area (Å²) in [5.74, 6) is 1.31. The van der Waals surface area contributed by atoms with Crippen LogP contribution in [-0.4, -0.2) is 54.1 Å². The third-order valence-electron chi connectivity index (χ3n) is 5.39. The number of carbonyl (C=O) groups excluding carboxylic acids is 1. The number of nitrogens with one attached hydrogen (secondary N) is 1. The summed E-state index contributed by atoms with van der Waals surface area (Å²) in [5, 5.41) is 3.30. The highest BCUT2D eigenvalue weighted by molar-refractivity contribution is 6.01. The first-order valence-corrected chi connectivity index (χ1v) is 10.3. The molecule has 0 spiro atoms. The summed E-state index contributed by atoms with van der Waals surface area (Å²) < 4.78 is 10.4. The topological polar surface area (TPSA) is 76.6 Å². The van der Waals surface area contributed by atoms with Gasteiger partial charge in [0.15, 0.2) is 0 Å². The third-order valence-corrected chi connectivity index (χ3v) is 5.39. The Kier molecular flexibility index (Phi) is 6.02. The summed E-state index contributed by atoms with van der Waals surface area (Å²) >= 11 is 0. The number of likely N-dealkylation sites (tertiary alicyclic amines) is 1. The van der Waals surface area contributed by atoms with Gasteiger partial charge in [0, 0.05) is 24.7 Å². The summed E-state index contributed by atoms with van der Waals surface area (Å²) in [7, 11) is 3.10. The number of amides is 1. The highest BCUT2D eigenvalue weighted by atomic mass is 16.5. The maximum atomic E-state index is 13.4. The van der Waals surface area contributed by atoms with Crippen LogP contribution in [0.1, 0.15) is 22.3 Å². The molecule has 1 aromatic heterocycles. The minimum absolute atomic E-state index is 0.0329. The molecule has 3 aromatic rings. The zero-order valence-electron chi connectivity index (χ0n) is 18.0. The zero-order valence-corrected chi connectivity index (χ0v) is 18.0. The van der Waals surface area contributed by atoms with Crippen molar-refractivity contribution in [3.63, 3.8) is 0 Å². The number of methoxy groups -OCH3 is 2. The molecule has 7 heteroatoms. The van der Waals surface area contributed by atoms with Gasteiger partial charge in [-0.3, -0.25) is 4.79 Å². The van der Waals surface area contributed by atoms with Crippen molar-refractivity contribution >= 4 is 11.9 Å². The van der Waals surface area contributed by atoms with Gasteiger partial charge < -0.3 is 19.7 Å². The number of rotatable bonds is 6. The zero-order chi connectivity index (χ0) is 21.8. The Morgan fingerprint density at radius 1 is 1.03 bits per heavy atom. The van der Waals surface area contributed by atoms with E-state index in [2.05, 4.69) is 34.3 Å². The van der Waals surface area contributed by atoms with Crippen LogP contribution in [0.5, 0.6) is 11.8 Å². The van der Waals surface area contributed by atoms with Gasteiger partial charge in [0.05, 0.1) is 20.3 Å². The predicted octanol–water partition coefficient (Wildman–Crippen LogP) is 3.80. The van der Waals surface area contributed by atoms with Crippen LogP contribution in [0.3, 0.4) is 0 Å². The lowest BCUT2D eigenvalue weighted by Gasteiger charge is -2.19. The molecule has 1 N–H and O–H groups in total. The van der Waals surface area contributed by atoms with Crippen LogP contribution in [0.4, 0.5) is 5.95 Å². The van der Waals surface area contributed by atoms with Crippen molar-refractivity contribution in [2.75, 3.05) is 32.6 Å². The monoisotopic (exact) mass is 418 g/mol. The van der Waals surface area contributed by atoms with Crippen LogP contribution >= 0.6 is 0 Å². The van der Waals surface area contributed by atoms with Crippen molar-refractivity contribution in [2.45, 2.75) is 19.4 Å². The van der Waals surface area contributed by atoms with E-state index in [1.807, 2.05) is 41.3 Å². The average Bonchev–Trinajstić information content (AvgIpc) is 3.26. The summed E-state index contributed by atoms with van der Waals surface area (Å²) in [6.07, 6.45) is 0.807. The van der Waals surface area contributed by atoms with Crippen LogP contribution < -0.4 is 14.8 Å². The van der Waals surface area contributed by atoms with Crippen LogP contribution in [0.15, 0.2) is 54.6 Å². The molecule has 4 rings (SSSR count). The molecule has 0 saturated carbocycles. The number of hydrogen-bond donors (Lipinski definition) is 1. The Morgan fingerprint density at radius 2 is 1.77 bits per heavy atom. The number of ether oxygens (including phenoxy) is 2. The molecule has 2 aromatic carbocycles. The highest BCUT2D eigenvalue weighted by Crippen LogP contribution is 2.27. The van der Waals surface area contributed by atoms with Crippen molar-refractivity contribution in [3.05, 3.63) is 65.7 Å². The van der Waals surface area contributed by atoms with Crippen molar-refractivity contribution < 1.29 is 14.3 Å². The summed E-state index contributed by atoms with van der Waals surface area (Å²) in [5.41, 5.74) is 3.88. The summed E-state index contributed by atoms with van der Waals surface area (Å²) in [6, 6.07) is 17.7. The fraction of sp³-hybridized carbons (Fsp3) is 0.292. The largest absolute Gasteiger partial charge is 0.481 e. The lowest BCUT2D eigenvalue weighted by molar-refractivity contribution is 0.0792. The van der Waals surface area contributed by atoms with E-state index in [9.17, 15) is 4.79 Å². The molecular weight excluding hydrogens is 392 g/mol. The fourth-order valence-corrected chi connectivity index (χ4v) is 3.83. The number of anilines is 1. The standard InChI is InChI=1S/C24H26N4O3/c1-16-7-6-8-17(13-16)19-9-4-5-10-20(19)23(29)28-12-11-18(15-28)25-24-26-21(30-2)14-22(27-24)31-3/h4-10,13-14,18H,11-12,15H2,1-3H3,(H,25,26,27)/t18-/m1/s1. The van der Waals surface area contributed by atoms with E-state index < -0.39 is 0 Å². The molecule has 31 heavy (non-hydrogen) atoms. The van der Waals surface area contributed by atoms with E-state index in [-0.39, 0.29) is 11.9 Å². The fourth-order valence-electron chi connectivity index (χ4n) is 3.83. The van der Waals surface area contributed by atoms with Gasteiger partial charge in [-0.05, 0) is 30.5 Å². The van der Waals surface area contributed by atoms with Gasteiger partial charge in [0.25, 0.3) is 5.91 Å². The second-order valence-electron chi connectivity index (χ2n) is 7.57. The quantitative estimate of drug-likeness (QED) is 0.656. The summed E-state index contributed by atoms with van der Waals surface area (Å²) in [4.78, 5) is 23.9. The van der Waals surface area contributed by atoms with Gasteiger partial charge in [-0.15, -0.1) is 0 Å². The smallest absolute Gasteiger partial charge is 0.254 e. The normalized spacial score (nSPS) is 15.6. The molecule has 1 saturated heterocycles. The Balaban J connectivity index is 1.50. The minimum atomic E-state index is 0.0329. The summed E-state index contributed by atoms with van der Waals surface area (Å²) in [6.45, 7) is 3.30. The van der Waals surface area contributed by atoms with Crippen LogP contribution in [0.2, 0.25) is 0 Å². The second-order valence-corrected chi connectivity index (χ2v) is 7.57. The van der Waals surface area contributed by atoms with Crippen LogP contribution in [0.25, 0.3) is 11.1 Å². The second kappa shape index (κ2) is 9.04. The number of benzene rings is 2. The maximum absolute atomic E-state index is 13.4. The van der Waals surface area contributed by atoms with E-state index in [4.69, 9.17) is 9.47 Å². The SMILES string of the molecule is COc1cc(OC)nc(N[C@@H]2CCN(C(=O)c3ccccc3-c3cccc(C)c3)C2)n1. The molecule has 0 unspecified atom stereocenters. The first-order valence-electron chi connectivity index (χ1n) is 10.3. The van der Waals surface area contributed by atoms with Gasteiger partial charge in [0.1, 0.15) is 0 Å². The van der Waals surface area contributed by atoms with E-state index in [0.29, 0.717) is 36.4 Å². The van der Waals surface area contributed by atoms with E-state index in [0.717, 1.165) is 17.5 Å². The van der Waals surface area contributed by atoms with Gasteiger partial charge >= 0.3 is 0 Å². The van der Waals surface area contributed by atoms with Gasteiger partial charge in [0.2, 0.25) is 17.7 Å². The number of aryl methyl sites for hydroxylation is 1. The first kappa shape index (κ1) is 20.7. The van der Waals surface area contributed by atoms with Crippen molar-refractivity contribution in [3.8, 4) is 22.9 Å². The van der Waals surface area contributed by atoms with Gasteiger partial charge in [-0.1, -0.05) is 48.0 Å².